The van der Waals surface area contributed by atoms with Crippen molar-refractivity contribution in [3.8, 4) is 5.75 Å². The quantitative estimate of drug-likeness (QED) is 0.379. The third kappa shape index (κ3) is 3.79. The van der Waals surface area contributed by atoms with Gasteiger partial charge in [0.1, 0.15) is 5.75 Å². The lowest BCUT2D eigenvalue weighted by atomic mass is 9.57. The predicted octanol–water partition coefficient (Wildman–Crippen LogP) is 2.88. The summed E-state index contributed by atoms with van der Waals surface area (Å²) in [6, 6.07) is 7.58. The first kappa shape index (κ1) is 19.3. The fourth-order valence-electron chi connectivity index (χ4n) is 3.86. The van der Waals surface area contributed by atoms with Crippen LogP contribution in [0.1, 0.15) is 32.8 Å². The summed E-state index contributed by atoms with van der Waals surface area (Å²) in [7, 11) is 0. The van der Waals surface area contributed by atoms with E-state index in [2.05, 4.69) is 36.4 Å². The second kappa shape index (κ2) is 7.91. The molecule has 1 saturated carbocycles. The molecule has 1 aromatic rings. The van der Waals surface area contributed by atoms with Gasteiger partial charge in [-0.25, -0.2) is 4.99 Å². The van der Waals surface area contributed by atoms with Crippen molar-refractivity contribution in [2.75, 3.05) is 13.2 Å². The van der Waals surface area contributed by atoms with Crippen molar-refractivity contribution in [1.82, 2.24) is 10.6 Å². The Labute approximate surface area is 161 Å². The van der Waals surface area contributed by atoms with Gasteiger partial charge in [0.15, 0.2) is 5.96 Å². The van der Waals surface area contributed by atoms with Crippen molar-refractivity contribution in [3.05, 3.63) is 29.8 Å². The number of phenols is 1. The van der Waals surface area contributed by atoms with Crippen LogP contribution in [0, 0.1) is 11.3 Å². The molecule has 5 nitrogen and oxygen atoms in total. The number of benzene rings is 1. The summed E-state index contributed by atoms with van der Waals surface area (Å²) in [6.07, 6.45) is 1.50. The van der Waals surface area contributed by atoms with Crippen LogP contribution in [0.5, 0.6) is 5.75 Å². The number of rotatable bonds is 4. The van der Waals surface area contributed by atoms with E-state index in [1.807, 2.05) is 12.1 Å². The number of hydrogen-bond acceptors (Lipinski definition) is 3. The Kier molecular flexibility index (Phi) is 6.36. The molecular weight excluding hydrogens is 417 g/mol. The lowest BCUT2D eigenvalue weighted by Crippen LogP contribution is -2.67. The standard InChI is InChI=1S/C18H27N3O2.HI/c1-4-19-17(20-11-12-5-7-13(22)8-6-12)21-15-14-9-10-23-16(14)18(15,2)3;/h5-8,14-16,22H,4,9-11H2,1-3H3,(H2,19,20,21);1H. The third-order valence-electron chi connectivity index (χ3n) is 5.09. The number of hydrogen-bond donors (Lipinski definition) is 3. The summed E-state index contributed by atoms with van der Waals surface area (Å²) >= 11 is 0. The normalized spacial score (nSPS) is 27.6. The maximum absolute atomic E-state index is 9.35. The van der Waals surface area contributed by atoms with Crippen LogP contribution in [0.3, 0.4) is 0 Å². The van der Waals surface area contributed by atoms with Gasteiger partial charge in [-0.05, 0) is 31.0 Å². The molecule has 134 valence electrons. The molecule has 1 aliphatic heterocycles. The Morgan fingerprint density at radius 3 is 2.71 bits per heavy atom. The first-order chi connectivity index (χ1) is 11.0. The average Bonchev–Trinajstić information content (AvgIpc) is 2.98. The molecule has 0 radical (unpaired) electrons. The molecular formula is C18H28IN3O2. The Morgan fingerprint density at radius 1 is 1.33 bits per heavy atom. The largest absolute Gasteiger partial charge is 0.508 e. The highest BCUT2D eigenvalue weighted by atomic mass is 127. The Morgan fingerprint density at radius 2 is 2.04 bits per heavy atom. The maximum Gasteiger partial charge on any atom is 0.191 e. The maximum atomic E-state index is 9.35. The SMILES string of the molecule is CCNC(=NCc1ccc(O)cc1)NC1C2CCOC2C1(C)C.I. The Bertz CT molecular complexity index is 574. The van der Waals surface area contributed by atoms with Crippen LogP contribution in [-0.4, -0.2) is 36.4 Å². The van der Waals surface area contributed by atoms with Gasteiger partial charge in [-0.2, -0.15) is 0 Å². The summed E-state index contributed by atoms with van der Waals surface area (Å²) in [4.78, 5) is 4.69. The topological polar surface area (TPSA) is 65.9 Å². The van der Waals surface area contributed by atoms with E-state index in [1.165, 1.54) is 0 Å². The van der Waals surface area contributed by atoms with Crippen LogP contribution < -0.4 is 10.6 Å². The molecule has 1 heterocycles. The van der Waals surface area contributed by atoms with Crippen LogP contribution in [0.25, 0.3) is 0 Å². The molecule has 0 bridgehead atoms. The van der Waals surface area contributed by atoms with E-state index in [1.54, 1.807) is 12.1 Å². The highest BCUT2D eigenvalue weighted by Crippen LogP contribution is 2.52. The molecule has 24 heavy (non-hydrogen) atoms. The fraction of sp³-hybridized carbons (Fsp3) is 0.611. The van der Waals surface area contributed by atoms with E-state index in [9.17, 15) is 5.11 Å². The minimum atomic E-state index is 0. The molecule has 2 aliphatic rings. The number of nitrogens with zero attached hydrogens (tertiary/aromatic N) is 1. The molecule has 3 atom stereocenters. The zero-order valence-corrected chi connectivity index (χ0v) is 16.9. The number of aliphatic imine (C=N–C) groups is 1. The van der Waals surface area contributed by atoms with E-state index < -0.39 is 0 Å². The van der Waals surface area contributed by atoms with Gasteiger partial charge in [0.25, 0.3) is 0 Å². The predicted molar refractivity (Wildman–Crippen MR) is 107 cm³/mol. The first-order valence-electron chi connectivity index (χ1n) is 8.46. The molecule has 3 N–H and O–H groups in total. The lowest BCUT2D eigenvalue weighted by molar-refractivity contribution is -0.106. The molecule has 0 amide bonds. The lowest BCUT2D eigenvalue weighted by Gasteiger charge is -2.54. The molecule has 1 aromatic carbocycles. The van der Waals surface area contributed by atoms with Gasteiger partial charge in [-0.15, -0.1) is 24.0 Å². The monoisotopic (exact) mass is 445 g/mol. The van der Waals surface area contributed by atoms with E-state index in [-0.39, 0.29) is 35.1 Å². The molecule has 6 heteroatoms. The number of fused-ring (bicyclic) bond motifs is 1. The van der Waals surface area contributed by atoms with Crippen molar-refractivity contribution in [1.29, 1.82) is 0 Å². The van der Waals surface area contributed by atoms with Crippen LogP contribution in [0.4, 0.5) is 0 Å². The van der Waals surface area contributed by atoms with Crippen LogP contribution >= 0.6 is 24.0 Å². The van der Waals surface area contributed by atoms with Gasteiger partial charge in [0, 0.05) is 30.5 Å². The molecule has 1 aliphatic carbocycles. The van der Waals surface area contributed by atoms with E-state index >= 15 is 0 Å². The van der Waals surface area contributed by atoms with E-state index in [4.69, 9.17) is 4.74 Å². The third-order valence-corrected chi connectivity index (χ3v) is 5.09. The number of phenolic OH excluding ortho intramolecular Hbond substituents is 1. The number of ether oxygens (including phenoxy) is 1. The van der Waals surface area contributed by atoms with E-state index in [0.717, 1.165) is 31.1 Å². The minimum Gasteiger partial charge on any atom is -0.508 e. The smallest absolute Gasteiger partial charge is 0.191 e. The second-order valence-electron chi connectivity index (χ2n) is 7.05. The summed E-state index contributed by atoms with van der Waals surface area (Å²) in [6.45, 7) is 8.90. The van der Waals surface area contributed by atoms with Gasteiger partial charge in [-0.3, -0.25) is 0 Å². The number of nitrogens with one attached hydrogen (secondary N) is 2. The number of guanidine groups is 1. The molecule has 2 fully saturated rings. The summed E-state index contributed by atoms with van der Waals surface area (Å²) in [5.74, 6) is 1.72. The zero-order valence-electron chi connectivity index (χ0n) is 14.6. The van der Waals surface area contributed by atoms with Gasteiger partial charge >= 0.3 is 0 Å². The van der Waals surface area contributed by atoms with Crippen molar-refractivity contribution < 1.29 is 9.84 Å². The van der Waals surface area contributed by atoms with Crippen molar-refractivity contribution in [2.45, 2.75) is 45.9 Å². The highest BCUT2D eigenvalue weighted by molar-refractivity contribution is 14.0. The average molecular weight is 445 g/mol. The van der Waals surface area contributed by atoms with Crippen molar-refractivity contribution in [2.24, 2.45) is 16.3 Å². The van der Waals surface area contributed by atoms with Crippen molar-refractivity contribution in [3.63, 3.8) is 0 Å². The first-order valence-corrected chi connectivity index (χ1v) is 8.46. The van der Waals surface area contributed by atoms with Gasteiger partial charge in [-0.1, -0.05) is 26.0 Å². The fourth-order valence-corrected chi connectivity index (χ4v) is 3.86. The summed E-state index contributed by atoms with van der Waals surface area (Å²) in [5.41, 5.74) is 1.21. The zero-order chi connectivity index (χ0) is 16.4. The van der Waals surface area contributed by atoms with Crippen LogP contribution in [0.15, 0.2) is 29.3 Å². The Balaban J connectivity index is 0.00000208. The van der Waals surface area contributed by atoms with Gasteiger partial charge in [0.05, 0.1) is 12.6 Å². The molecule has 3 unspecified atom stereocenters. The summed E-state index contributed by atoms with van der Waals surface area (Å²) < 4.78 is 5.86. The molecule has 3 rings (SSSR count). The minimum absolute atomic E-state index is 0. The highest BCUT2D eigenvalue weighted by Gasteiger charge is 2.59. The molecule has 0 spiro atoms. The van der Waals surface area contributed by atoms with Gasteiger partial charge in [0.2, 0.25) is 0 Å². The number of halogens is 1. The van der Waals surface area contributed by atoms with Crippen LogP contribution in [-0.2, 0) is 11.3 Å². The van der Waals surface area contributed by atoms with E-state index in [0.29, 0.717) is 24.6 Å². The molecule has 1 saturated heterocycles. The molecule has 0 aromatic heterocycles. The second-order valence-corrected chi connectivity index (χ2v) is 7.05. The van der Waals surface area contributed by atoms with Crippen LogP contribution in [0.2, 0.25) is 0 Å². The summed E-state index contributed by atoms with van der Waals surface area (Å²) in [5, 5.41) is 16.3. The number of aromatic hydroxyl groups is 1. The van der Waals surface area contributed by atoms with Crippen molar-refractivity contribution >= 4 is 29.9 Å². The van der Waals surface area contributed by atoms with Gasteiger partial charge < -0.3 is 20.5 Å². The Hall–Kier alpha value is -1.02.